The van der Waals surface area contributed by atoms with E-state index in [0.717, 1.165) is 28.8 Å². The molecule has 0 N–H and O–H groups in total. The third-order valence-electron chi connectivity index (χ3n) is 4.03. The largest absolute Gasteiger partial charge is 0.265 e. The van der Waals surface area contributed by atoms with Gasteiger partial charge in [0.25, 0.3) is 0 Å². The Labute approximate surface area is 136 Å². The van der Waals surface area contributed by atoms with Crippen LogP contribution in [-0.2, 0) is 6.42 Å². The van der Waals surface area contributed by atoms with Gasteiger partial charge >= 0.3 is 0 Å². The fourth-order valence-corrected chi connectivity index (χ4v) is 2.61. The molecule has 3 rings (SSSR count). The fraction of sp³-hybridized carbons (Fsp3) is 0.0952. The lowest BCUT2D eigenvalue weighted by atomic mass is 9.98. The van der Waals surface area contributed by atoms with Crippen LogP contribution in [-0.4, -0.2) is 6.72 Å². The first-order chi connectivity index (χ1) is 11.2. The average Bonchev–Trinajstić information content (AvgIpc) is 2.62. The van der Waals surface area contributed by atoms with Gasteiger partial charge in [-0.1, -0.05) is 55.5 Å². The number of aliphatic imine (C=N–C) groups is 1. The summed E-state index contributed by atoms with van der Waals surface area (Å²) in [6, 6.07) is 21.0. The van der Waals surface area contributed by atoms with Crippen LogP contribution in [0.2, 0.25) is 0 Å². The lowest BCUT2D eigenvalue weighted by molar-refractivity contribution is 0.632. The Bertz CT molecular complexity index is 817. The van der Waals surface area contributed by atoms with E-state index in [2.05, 4.69) is 30.8 Å². The standard InChI is InChI=1S/C21H18FN/c1-3-15-4-6-16(7-5-15)18-10-13-20(21(22)14-18)17-8-11-19(23-2)12-9-17/h4-14H,2-3H2,1H3. The normalized spacial score (nSPS) is 10.5. The van der Waals surface area contributed by atoms with Crippen molar-refractivity contribution >= 4 is 12.4 Å². The first kappa shape index (κ1) is 15.2. The van der Waals surface area contributed by atoms with Crippen molar-refractivity contribution in [3.8, 4) is 22.3 Å². The summed E-state index contributed by atoms with van der Waals surface area (Å²) >= 11 is 0. The molecule has 0 saturated carbocycles. The molecule has 0 radical (unpaired) electrons. The molecule has 0 unspecified atom stereocenters. The Hall–Kier alpha value is -2.74. The highest BCUT2D eigenvalue weighted by molar-refractivity contribution is 5.72. The Balaban J connectivity index is 1.94. The maximum Gasteiger partial charge on any atom is 0.131 e. The maximum atomic E-state index is 14.5. The summed E-state index contributed by atoms with van der Waals surface area (Å²) in [7, 11) is 0. The number of nitrogens with zero attached hydrogens (tertiary/aromatic N) is 1. The minimum absolute atomic E-state index is 0.221. The van der Waals surface area contributed by atoms with E-state index in [1.54, 1.807) is 6.07 Å². The number of benzene rings is 3. The van der Waals surface area contributed by atoms with Gasteiger partial charge < -0.3 is 0 Å². The second-order valence-corrected chi connectivity index (χ2v) is 5.45. The number of rotatable bonds is 4. The quantitative estimate of drug-likeness (QED) is 0.520. The average molecular weight is 303 g/mol. The van der Waals surface area contributed by atoms with Crippen molar-refractivity contribution in [2.75, 3.05) is 0 Å². The fourth-order valence-electron chi connectivity index (χ4n) is 2.61. The Morgan fingerprint density at radius 3 is 2.00 bits per heavy atom. The van der Waals surface area contributed by atoms with E-state index in [1.807, 2.05) is 48.5 Å². The molecule has 0 spiro atoms. The molecule has 0 aromatic heterocycles. The van der Waals surface area contributed by atoms with Gasteiger partial charge in [-0.2, -0.15) is 0 Å². The van der Waals surface area contributed by atoms with Gasteiger partial charge in [-0.3, -0.25) is 4.99 Å². The van der Waals surface area contributed by atoms with Crippen molar-refractivity contribution in [3.05, 3.63) is 78.1 Å². The van der Waals surface area contributed by atoms with Gasteiger partial charge in [0.1, 0.15) is 5.82 Å². The van der Waals surface area contributed by atoms with Crippen LogP contribution in [0.3, 0.4) is 0 Å². The van der Waals surface area contributed by atoms with Crippen molar-refractivity contribution in [1.82, 2.24) is 0 Å². The van der Waals surface area contributed by atoms with Gasteiger partial charge in [-0.15, -0.1) is 0 Å². The molecule has 0 heterocycles. The van der Waals surface area contributed by atoms with Crippen molar-refractivity contribution in [1.29, 1.82) is 0 Å². The van der Waals surface area contributed by atoms with Gasteiger partial charge in [0.2, 0.25) is 0 Å². The van der Waals surface area contributed by atoms with E-state index in [9.17, 15) is 4.39 Å². The summed E-state index contributed by atoms with van der Waals surface area (Å²) in [5.41, 5.74) is 5.40. The highest BCUT2D eigenvalue weighted by Gasteiger charge is 2.07. The molecule has 114 valence electrons. The summed E-state index contributed by atoms with van der Waals surface area (Å²) < 4.78 is 14.5. The first-order valence-electron chi connectivity index (χ1n) is 7.67. The lowest BCUT2D eigenvalue weighted by Crippen LogP contribution is -1.87. The second-order valence-electron chi connectivity index (χ2n) is 5.45. The SMILES string of the molecule is C=Nc1ccc(-c2ccc(-c3ccc(CC)cc3)cc2F)cc1. The molecule has 0 amide bonds. The molecule has 0 saturated heterocycles. The highest BCUT2D eigenvalue weighted by Crippen LogP contribution is 2.29. The summed E-state index contributed by atoms with van der Waals surface area (Å²) in [6.07, 6.45) is 1.00. The van der Waals surface area contributed by atoms with E-state index in [0.29, 0.717) is 5.56 Å². The molecular weight excluding hydrogens is 285 g/mol. The zero-order chi connectivity index (χ0) is 16.2. The Morgan fingerprint density at radius 1 is 0.826 bits per heavy atom. The molecular formula is C21H18FN. The van der Waals surface area contributed by atoms with Gasteiger partial charge in [0.15, 0.2) is 0 Å². The Morgan fingerprint density at radius 2 is 1.43 bits per heavy atom. The summed E-state index contributed by atoms with van der Waals surface area (Å²) in [5, 5.41) is 0. The molecule has 0 aliphatic heterocycles. The van der Waals surface area contributed by atoms with Crippen LogP contribution >= 0.6 is 0 Å². The predicted molar refractivity (Wildman–Crippen MR) is 95.9 cm³/mol. The maximum absolute atomic E-state index is 14.5. The second kappa shape index (κ2) is 6.57. The summed E-state index contributed by atoms with van der Waals surface area (Å²) in [4.78, 5) is 3.85. The molecule has 23 heavy (non-hydrogen) atoms. The van der Waals surface area contributed by atoms with E-state index >= 15 is 0 Å². The molecule has 0 fully saturated rings. The summed E-state index contributed by atoms with van der Waals surface area (Å²) in [6.45, 7) is 5.61. The van der Waals surface area contributed by atoms with E-state index < -0.39 is 0 Å². The molecule has 3 aromatic rings. The minimum atomic E-state index is -0.221. The molecule has 1 nitrogen and oxygen atoms in total. The van der Waals surface area contributed by atoms with Crippen molar-refractivity contribution in [2.45, 2.75) is 13.3 Å². The van der Waals surface area contributed by atoms with Crippen molar-refractivity contribution in [2.24, 2.45) is 4.99 Å². The molecule has 0 aliphatic rings. The minimum Gasteiger partial charge on any atom is -0.265 e. The van der Waals surface area contributed by atoms with E-state index in [-0.39, 0.29) is 5.82 Å². The number of aryl methyl sites for hydroxylation is 1. The number of hydrogen-bond acceptors (Lipinski definition) is 1. The molecule has 0 aliphatic carbocycles. The van der Waals surface area contributed by atoms with Crippen LogP contribution in [0.1, 0.15) is 12.5 Å². The van der Waals surface area contributed by atoms with E-state index in [1.165, 1.54) is 5.56 Å². The highest BCUT2D eigenvalue weighted by atomic mass is 19.1. The van der Waals surface area contributed by atoms with Gasteiger partial charge in [-0.05, 0) is 53.6 Å². The van der Waals surface area contributed by atoms with E-state index in [4.69, 9.17) is 0 Å². The zero-order valence-electron chi connectivity index (χ0n) is 13.1. The monoisotopic (exact) mass is 303 g/mol. The zero-order valence-corrected chi connectivity index (χ0v) is 13.1. The third kappa shape index (κ3) is 3.21. The third-order valence-corrected chi connectivity index (χ3v) is 4.03. The predicted octanol–water partition coefficient (Wildman–Crippen LogP) is 6.05. The van der Waals surface area contributed by atoms with Crippen molar-refractivity contribution in [3.63, 3.8) is 0 Å². The molecule has 3 aromatic carbocycles. The lowest BCUT2D eigenvalue weighted by Gasteiger charge is -2.08. The van der Waals surface area contributed by atoms with Gasteiger partial charge in [-0.25, -0.2) is 4.39 Å². The van der Waals surface area contributed by atoms with Crippen LogP contribution in [0.4, 0.5) is 10.1 Å². The van der Waals surface area contributed by atoms with Crippen LogP contribution in [0.5, 0.6) is 0 Å². The first-order valence-corrected chi connectivity index (χ1v) is 7.67. The molecule has 2 heteroatoms. The van der Waals surface area contributed by atoms with Gasteiger partial charge in [0, 0.05) is 5.56 Å². The van der Waals surface area contributed by atoms with Gasteiger partial charge in [0.05, 0.1) is 5.69 Å². The van der Waals surface area contributed by atoms with Crippen LogP contribution in [0.25, 0.3) is 22.3 Å². The summed E-state index contributed by atoms with van der Waals surface area (Å²) in [5.74, 6) is -0.221. The topological polar surface area (TPSA) is 12.4 Å². The number of halogens is 1. The smallest absolute Gasteiger partial charge is 0.131 e. The van der Waals surface area contributed by atoms with Crippen LogP contribution in [0.15, 0.2) is 71.7 Å². The van der Waals surface area contributed by atoms with Crippen LogP contribution in [0, 0.1) is 5.82 Å². The van der Waals surface area contributed by atoms with Crippen molar-refractivity contribution < 1.29 is 4.39 Å². The number of hydrogen-bond donors (Lipinski definition) is 0. The molecule has 0 atom stereocenters. The van der Waals surface area contributed by atoms with Crippen LogP contribution < -0.4 is 0 Å². The molecule has 0 bridgehead atoms. The Kier molecular flexibility index (Phi) is 4.33.